The standard InChI is InChI=1S/C14H20N2O4S/c17-9-11-5-14(8-16(11)10-1-2-10)21(18,19)15-6-12-3-4-13(7-15)20-12/h5,8,10,12-13,17H,1-4,6-7,9H2. The molecule has 2 unspecified atom stereocenters. The predicted octanol–water partition coefficient (Wildman–Crippen LogP) is 0.867. The average molecular weight is 312 g/mol. The lowest BCUT2D eigenvalue weighted by molar-refractivity contribution is -0.0114. The number of ether oxygens (including phenoxy) is 1. The third-order valence-electron chi connectivity index (χ3n) is 4.66. The molecule has 3 heterocycles. The Hall–Kier alpha value is -0.890. The van der Waals surface area contributed by atoms with Gasteiger partial charge in [0, 0.05) is 31.0 Å². The van der Waals surface area contributed by atoms with Crippen LogP contribution < -0.4 is 0 Å². The second-order valence-electron chi connectivity index (χ2n) is 6.24. The van der Waals surface area contributed by atoms with Crippen LogP contribution in [0.2, 0.25) is 0 Å². The molecule has 1 N–H and O–H groups in total. The van der Waals surface area contributed by atoms with E-state index in [2.05, 4.69) is 0 Å². The summed E-state index contributed by atoms with van der Waals surface area (Å²) in [7, 11) is -3.48. The van der Waals surface area contributed by atoms with Gasteiger partial charge < -0.3 is 14.4 Å². The highest BCUT2D eigenvalue weighted by atomic mass is 32.2. The molecule has 0 spiro atoms. The molecule has 1 saturated carbocycles. The largest absolute Gasteiger partial charge is 0.390 e. The summed E-state index contributed by atoms with van der Waals surface area (Å²) in [4.78, 5) is 0.305. The molecule has 2 aliphatic heterocycles. The molecule has 4 rings (SSSR count). The highest BCUT2D eigenvalue weighted by Crippen LogP contribution is 2.38. The number of aromatic nitrogens is 1. The van der Waals surface area contributed by atoms with Gasteiger partial charge in [-0.05, 0) is 31.7 Å². The van der Waals surface area contributed by atoms with E-state index in [1.807, 2.05) is 4.57 Å². The third kappa shape index (κ3) is 2.32. The minimum Gasteiger partial charge on any atom is -0.390 e. The Morgan fingerprint density at radius 3 is 2.43 bits per heavy atom. The summed E-state index contributed by atoms with van der Waals surface area (Å²) in [6, 6.07) is 1.97. The summed E-state index contributed by atoms with van der Waals surface area (Å²) in [5.74, 6) is 0. The maximum Gasteiger partial charge on any atom is 0.244 e. The Bertz CT molecular complexity index is 638. The highest BCUT2D eigenvalue weighted by Gasteiger charge is 2.40. The van der Waals surface area contributed by atoms with Crippen molar-refractivity contribution >= 4 is 10.0 Å². The van der Waals surface area contributed by atoms with E-state index < -0.39 is 10.0 Å². The number of hydrogen-bond donors (Lipinski definition) is 1. The van der Waals surface area contributed by atoms with Crippen molar-refractivity contribution in [2.45, 2.75) is 55.4 Å². The van der Waals surface area contributed by atoms with Gasteiger partial charge in [0.1, 0.15) is 4.90 Å². The molecule has 3 fully saturated rings. The first-order chi connectivity index (χ1) is 10.1. The van der Waals surface area contributed by atoms with E-state index in [-0.39, 0.29) is 18.8 Å². The Labute approximate surface area is 124 Å². The van der Waals surface area contributed by atoms with E-state index in [1.165, 1.54) is 0 Å². The molecule has 2 atom stereocenters. The van der Waals surface area contributed by atoms with Crippen LogP contribution in [0.4, 0.5) is 0 Å². The number of rotatable bonds is 4. The molecule has 0 aromatic carbocycles. The van der Waals surface area contributed by atoms with Crippen LogP contribution in [0.3, 0.4) is 0 Å². The van der Waals surface area contributed by atoms with Crippen LogP contribution in [0, 0.1) is 0 Å². The molecule has 7 heteroatoms. The maximum absolute atomic E-state index is 12.8. The zero-order valence-electron chi connectivity index (χ0n) is 11.8. The summed E-state index contributed by atoms with van der Waals surface area (Å²) in [6.45, 7) is 0.768. The lowest BCUT2D eigenvalue weighted by Crippen LogP contribution is -2.45. The van der Waals surface area contributed by atoms with Crippen molar-refractivity contribution in [1.29, 1.82) is 0 Å². The lowest BCUT2D eigenvalue weighted by atomic mass is 10.2. The minimum absolute atomic E-state index is 0.0429. The summed E-state index contributed by atoms with van der Waals surface area (Å²) >= 11 is 0. The van der Waals surface area contributed by atoms with Gasteiger partial charge >= 0.3 is 0 Å². The first kappa shape index (κ1) is 13.8. The molecule has 116 valence electrons. The first-order valence-corrected chi connectivity index (χ1v) is 8.99. The van der Waals surface area contributed by atoms with E-state index in [4.69, 9.17) is 4.74 Å². The molecule has 3 aliphatic rings. The fourth-order valence-corrected chi connectivity index (χ4v) is 4.93. The number of aliphatic hydroxyl groups excluding tert-OH is 1. The Balaban J connectivity index is 1.65. The number of morpholine rings is 1. The Kier molecular flexibility index (Phi) is 3.15. The maximum atomic E-state index is 12.8. The predicted molar refractivity (Wildman–Crippen MR) is 75.3 cm³/mol. The fourth-order valence-electron chi connectivity index (χ4n) is 3.38. The second kappa shape index (κ2) is 4.81. The Morgan fingerprint density at radius 1 is 1.19 bits per heavy atom. The molecular weight excluding hydrogens is 292 g/mol. The molecule has 1 aromatic heterocycles. The average Bonchev–Trinajstić information content (AvgIpc) is 3.14. The molecule has 1 aromatic rings. The quantitative estimate of drug-likeness (QED) is 0.895. The van der Waals surface area contributed by atoms with Crippen molar-refractivity contribution in [1.82, 2.24) is 8.87 Å². The van der Waals surface area contributed by atoms with Crippen LogP contribution in [0.25, 0.3) is 0 Å². The van der Waals surface area contributed by atoms with Gasteiger partial charge in [-0.3, -0.25) is 0 Å². The SMILES string of the molecule is O=S(=O)(c1cc(CO)n(C2CC2)c1)N1CC2CCC(C1)O2. The number of sulfonamides is 1. The number of hydrogen-bond acceptors (Lipinski definition) is 4. The molecule has 21 heavy (non-hydrogen) atoms. The smallest absolute Gasteiger partial charge is 0.244 e. The highest BCUT2D eigenvalue weighted by molar-refractivity contribution is 7.89. The van der Waals surface area contributed by atoms with Crippen LogP contribution in [-0.4, -0.2) is 47.7 Å². The number of nitrogens with zero attached hydrogens (tertiary/aromatic N) is 2. The topological polar surface area (TPSA) is 71.8 Å². The van der Waals surface area contributed by atoms with Gasteiger partial charge in [-0.15, -0.1) is 0 Å². The van der Waals surface area contributed by atoms with Gasteiger partial charge in [-0.2, -0.15) is 4.31 Å². The van der Waals surface area contributed by atoms with Crippen molar-refractivity contribution in [3.05, 3.63) is 18.0 Å². The van der Waals surface area contributed by atoms with Crippen LogP contribution in [0.1, 0.15) is 37.4 Å². The van der Waals surface area contributed by atoms with Gasteiger partial charge in [0.15, 0.2) is 0 Å². The third-order valence-corrected chi connectivity index (χ3v) is 6.45. The van der Waals surface area contributed by atoms with E-state index in [0.29, 0.717) is 29.7 Å². The van der Waals surface area contributed by atoms with Gasteiger partial charge in [0.05, 0.1) is 18.8 Å². The normalized spacial score (nSPS) is 30.0. The zero-order valence-corrected chi connectivity index (χ0v) is 12.6. The molecule has 6 nitrogen and oxygen atoms in total. The summed E-state index contributed by atoms with van der Waals surface area (Å²) in [5.41, 5.74) is 0.687. The monoisotopic (exact) mass is 312 g/mol. The van der Waals surface area contributed by atoms with Crippen LogP contribution in [-0.2, 0) is 21.4 Å². The number of aliphatic hydroxyl groups is 1. The van der Waals surface area contributed by atoms with E-state index in [9.17, 15) is 13.5 Å². The first-order valence-electron chi connectivity index (χ1n) is 7.55. The minimum atomic E-state index is -3.48. The van der Waals surface area contributed by atoms with Gasteiger partial charge in [-0.1, -0.05) is 0 Å². The van der Waals surface area contributed by atoms with E-state index in [0.717, 1.165) is 25.7 Å². The summed E-state index contributed by atoms with van der Waals surface area (Å²) in [5, 5.41) is 9.43. The molecule has 2 saturated heterocycles. The van der Waals surface area contributed by atoms with E-state index in [1.54, 1.807) is 16.6 Å². The van der Waals surface area contributed by atoms with Gasteiger partial charge in [0.2, 0.25) is 10.0 Å². The molecule has 2 bridgehead atoms. The molecule has 0 amide bonds. The fraction of sp³-hybridized carbons (Fsp3) is 0.714. The molecule has 1 aliphatic carbocycles. The number of fused-ring (bicyclic) bond motifs is 2. The van der Waals surface area contributed by atoms with Crippen molar-refractivity contribution in [3.8, 4) is 0 Å². The van der Waals surface area contributed by atoms with Crippen LogP contribution >= 0.6 is 0 Å². The second-order valence-corrected chi connectivity index (χ2v) is 8.18. The molecular formula is C14H20N2O4S. The van der Waals surface area contributed by atoms with Crippen molar-refractivity contribution < 1.29 is 18.3 Å². The van der Waals surface area contributed by atoms with Crippen molar-refractivity contribution in [3.63, 3.8) is 0 Å². The summed E-state index contributed by atoms with van der Waals surface area (Å²) in [6.07, 6.45) is 5.79. The van der Waals surface area contributed by atoms with Gasteiger partial charge in [-0.25, -0.2) is 8.42 Å². The van der Waals surface area contributed by atoms with Crippen molar-refractivity contribution in [2.75, 3.05) is 13.1 Å². The molecule has 0 radical (unpaired) electrons. The van der Waals surface area contributed by atoms with E-state index >= 15 is 0 Å². The summed E-state index contributed by atoms with van der Waals surface area (Å²) < 4.78 is 34.8. The zero-order chi connectivity index (χ0) is 14.6. The lowest BCUT2D eigenvalue weighted by Gasteiger charge is -2.30. The van der Waals surface area contributed by atoms with Crippen LogP contribution in [0.5, 0.6) is 0 Å². The van der Waals surface area contributed by atoms with Gasteiger partial charge in [0.25, 0.3) is 0 Å². The van der Waals surface area contributed by atoms with Crippen LogP contribution in [0.15, 0.2) is 17.2 Å². The van der Waals surface area contributed by atoms with Crippen molar-refractivity contribution in [2.24, 2.45) is 0 Å². The Morgan fingerprint density at radius 2 is 1.86 bits per heavy atom.